The second-order valence-electron chi connectivity index (χ2n) is 4.17. The van der Waals surface area contributed by atoms with Gasteiger partial charge in [-0.15, -0.1) is 24.0 Å². The van der Waals surface area contributed by atoms with Crippen LogP contribution in [0.15, 0.2) is 4.99 Å². The lowest BCUT2D eigenvalue weighted by Gasteiger charge is -2.24. The maximum Gasteiger partial charge on any atom is 0.191 e. The first-order valence-corrected chi connectivity index (χ1v) is 5.55. The van der Waals surface area contributed by atoms with Gasteiger partial charge in [0.1, 0.15) is 0 Å². The molecule has 0 spiro atoms. The van der Waals surface area contributed by atoms with Crippen molar-refractivity contribution in [3.63, 3.8) is 0 Å². The Morgan fingerprint density at radius 3 is 2.38 bits per heavy atom. The molecule has 0 aromatic carbocycles. The first-order chi connectivity index (χ1) is 7.05. The lowest BCUT2D eigenvalue weighted by molar-refractivity contribution is 0.0268. The molecule has 5 heteroatoms. The number of methoxy groups -OCH3 is 1. The number of ether oxygens (including phenoxy) is 1. The van der Waals surface area contributed by atoms with Crippen molar-refractivity contribution in [2.24, 2.45) is 4.99 Å². The van der Waals surface area contributed by atoms with E-state index in [1.807, 2.05) is 13.8 Å². The molecule has 0 aliphatic rings. The zero-order valence-corrected chi connectivity index (χ0v) is 13.4. The minimum absolute atomic E-state index is 0. The van der Waals surface area contributed by atoms with E-state index in [1.165, 1.54) is 6.42 Å². The number of hydrogen-bond donors (Lipinski definition) is 2. The molecule has 0 radical (unpaired) electrons. The van der Waals surface area contributed by atoms with Crippen LogP contribution in [0.3, 0.4) is 0 Å². The third kappa shape index (κ3) is 9.21. The van der Waals surface area contributed by atoms with E-state index in [-0.39, 0.29) is 29.6 Å². The van der Waals surface area contributed by atoms with E-state index in [0.717, 1.165) is 25.5 Å². The molecule has 0 aromatic rings. The largest absolute Gasteiger partial charge is 0.377 e. The van der Waals surface area contributed by atoms with Crippen LogP contribution in [-0.4, -0.2) is 38.8 Å². The summed E-state index contributed by atoms with van der Waals surface area (Å²) in [5.74, 6) is 0.841. The fourth-order valence-electron chi connectivity index (χ4n) is 0.973. The monoisotopic (exact) mass is 343 g/mol. The molecule has 98 valence electrons. The molecule has 0 aliphatic heterocycles. The molecule has 0 saturated carbocycles. The Hall–Kier alpha value is -0.0400. The average molecular weight is 343 g/mol. The Labute approximate surface area is 117 Å². The molecular weight excluding hydrogens is 317 g/mol. The first kappa shape index (κ1) is 18.3. The lowest BCUT2D eigenvalue weighted by atomic mass is 10.1. The van der Waals surface area contributed by atoms with Crippen molar-refractivity contribution >= 4 is 29.9 Å². The van der Waals surface area contributed by atoms with Crippen LogP contribution in [0.4, 0.5) is 0 Å². The molecule has 0 saturated heterocycles. The van der Waals surface area contributed by atoms with Gasteiger partial charge in [0.15, 0.2) is 5.96 Å². The molecule has 16 heavy (non-hydrogen) atoms. The number of hydrogen-bond acceptors (Lipinski definition) is 2. The summed E-state index contributed by atoms with van der Waals surface area (Å²) in [6, 6.07) is 0. The first-order valence-electron chi connectivity index (χ1n) is 5.55. The van der Waals surface area contributed by atoms with Gasteiger partial charge in [0.25, 0.3) is 0 Å². The van der Waals surface area contributed by atoms with Crippen LogP contribution in [0.25, 0.3) is 0 Å². The van der Waals surface area contributed by atoms with Crippen LogP contribution in [0.2, 0.25) is 0 Å². The smallest absolute Gasteiger partial charge is 0.191 e. The van der Waals surface area contributed by atoms with Crippen LogP contribution in [0, 0.1) is 0 Å². The van der Waals surface area contributed by atoms with E-state index in [4.69, 9.17) is 4.74 Å². The maximum atomic E-state index is 5.31. The third-order valence-electron chi connectivity index (χ3n) is 2.28. The van der Waals surface area contributed by atoms with Gasteiger partial charge in [-0.25, -0.2) is 0 Å². The normalized spacial score (nSPS) is 11.9. The highest BCUT2D eigenvalue weighted by Crippen LogP contribution is 2.04. The summed E-state index contributed by atoms with van der Waals surface area (Å²) in [6.45, 7) is 7.96. The molecule has 0 fully saturated rings. The Morgan fingerprint density at radius 2 is 1.94 bits per heavy atom. The molecule has 0 aliphatic carbocycles. The van der Waals surface area contributed by atoms with Gasteiger partial charge >= 0.3 is 0 Å². The Kier molecular flexibility index (Phi) is 11.6. The van der Waals surface area contributed by atoms with E-state index < -0.39 is 0 Å². The zero-order chi connectivity index (χ0) is 11.7. The van der Waals surface area contributed by atoms with Crippen molar-refractivity contribution in [2.75, 3.05) is 27.2 Å². The molecule has 0 amide bonds. The second-order valence-corrected chi connectivity index (χ2v) is 4.17. The van der Waals surface area contributed by atoms with Gasteiger partial charge in [-0.3, -0.25) is 4.99 Å². The Balaban J connectivity index is 0. The number of halogens is 1. The average Bonchev–Trinajstić information content (AvgIpc) is 2.23. The Bertz CT molecular complexity index is 196. The van der Waals surface area contributed by atoms with Crippen molar-refractivity contribution < 1.29 is 4.74 Å². The highest BCUT2D eigenvalue weighted by molar-refractivity contribution is 14.0. The summed E-state index contributed by atoms with van der Waals surface area (Å²) < 4.78 is 5.31. The third-order valence-corrected chi connectivity index (χ3v) is 2.28. The molecule has 0 unspecified atom stereocenters. The predicted octanol–water partition coefficient (Wildman–Crippen LogP) is 1.99. The fraction of sp³-hybridized carbons (Fsp3) is 0.909. The van der Waals surface area contributed by atoms with Crippen molar-refractivity contribution in [2.45, 2.75) is 39.2 Å². The molecule has 4 nitrogen and oxygen atoms in total. The highest BCUT2D eigenvalue weighted by atomic mass is 127. The van der Waals surface area contributed by atoms with Gasteiger partial charge in [0, 0.05) is 27.2 Å². The molecule has 2 N–H and O–H groups in total. The fourth-order valence-corrected chi connectivity index (χ4v) is 0.973. The zero-order valence-electron chi connectivity index (χ0n) is 11.1. The standard InChI is InChI=1S/C11H25N3O.HI/c1-6-7-8-13-10(12-4)14-9-11(2,3)15-5;/h6-9H2,1-5H3,(H2,12,13,14);1H. The van der Waals surface area contributed by atoms with Gasteiger partial charge in [0.05, 0.1) is 5.60 Å². The SMILES string of the molecule is CCCCNC(=NC)NCC(C)(C)OC.I. The minimum atomic E-state index is -0.164. The van der Waals surface area contributed by atoms with Crippen molar-refractivity contribution in [3.8, 4) is 0 Å². The summed E-state index contributed by atoms with van der Waals surface area (Å²) >= 11 is 0. The topological polar surface area (TPSA) is 45.7 Å². The van der Waals surface area contributed by atoms with Crippen LogP contribution in [-0.2, 0) is 4.74 Å². The quantitative estimate of drug-likeness (QED) is 0.336. The predicted molar refractivity (Wildman–Crippen MR) is 80.8 cm³/mol. The molecule has 0 bridgehead atoms. The van der Waals surface area contributed by atoms with Crippen LogP contribution in [0.1, 0.15) is 33.6 Å². The molecular formula is C11H26IN3O. The molecule has 0 atom stereocenters. The summed E-state index contributed by atoms with van der Waals surface area (Å²) in [5.41, 5.74) is -0.164. The summed E-state index contributed by atoms with van der Waals surface area (Å²) in [6.07, 6.45) is 2.35. The summed E-state index contributed by atoms with van der Waals surface area (Å²) in [5, 5.41) is 6.48. The van der Waals surface area contributed by atoms with Gasteiger partial charge in [-0.1, -0.05) is 13.3 Å². The number of rotatable bonds is 6. The second kappa shape index (κ2) is 10.1. The van der Waals surface area contributed by atoms with Crippen LogP contribution < -0.4 is 10.6 Å². The maximum absolute atomic E-state index is 5.31. The summed E-state index contributed by atoms with van der Waals surface area (Å²) in [4.78, 5) is 4.14. The summed E-state index contributed by atoms with van der Waals surface area (Å²) in [7, 11) is 3.50. The molecule has 0 heterocycles. The highest BCUT2D eigenvalue weighted by Gasteiger charge is 2.16. The van der Waals surface area contributed by atoms with Crippen molar-refractivity contribution in [1.82, 2.24) is 10.6 Å². The van der Waals surface area contributed by atoms with Gasteiger partial charge in [-0.2, -0.15) is 0 Å². The van der Waals surface area contributed by atoms with Gasteiger partial charge in [-0.05, 0) is 20.3 Å². The van der Waals surface area contributed by atoms with Gasteiger partial charge in [0.2, 0.25) is 0 Å². The number of aliphatic imine (C=N–C) groups is 1. The van der Waals surface area contributed by atoms with E-state index in [1.54, 1.807) is 14.2 Å². The van der Waals surface area contributed by atoms with E-state index in [0.29, 0.717) is 0 Å². The van der Waals surface area contributed by atoms with Crippen LogP contribution in [0.5, 0.6) is 0 Å². The van der Waals surface area contributed by atoms with Gasteiger partial charge < -0.3 is 15.4 Å². The lowest BCUT2D eigenvalue weighted by Crippen LogP contribution is -2.45. The number of unbranched alkanes of at least 4 members (excludes halogenated alkanes) is 1. The van der Waals surface area contributed by atoms with E-state index >= 15 is 0 Å². The van der Waals surface area contributed by atoms with Crippen molar-refractivity contribution in [1.29, 1.82) is 0 Å². The van der Waals surface area contributed by atoms with E-state index in [2.05, 4.69) is 22.5 Å². The molecule has 0 rings (SSSR count). The Morgan fingerprint density at radius 1 is 1.31 bits per heavy atom. The number of guanidine groups is 1. The number of nitrogens with zero attached hydrogens (tertiary/aromatic N) is 1. The molecule has 0 aromatic heterocycles. The van der Waals surface area contributed by atoms with Crippen molar-refractivity contribution in [3.05, 3.63) is 0 Å². The number of nitrogens with one attached hydrogen (secondary N) is 2. The van der Waals surface area contributed by atoms with E-state index in [9.17, 15) is 0 Å². The van der Waals surface area contributed by atoms with Crippen LogP contribution >= 0.6 is 24.0 Å². The minimum Gasteiger partial charge on any atom is -0.377 e.